The number of likely N-dealkylation sites (tertiary alicyclic amines) is 1. The first-order chi connectivity index (χ1) is 17.1. The molecule has 5 rings (SSSR count). The zero-order chi connectivity index (χ0) is 24.4. The summed E-state index contributed by atoms with van der Waals surface area (Å²) >= 11 is 0. The summed E-state index contributed by atoms with van der Waals surface area (Å²) in [4.78, 5) is 23.3. The molecule has 1 aliphatic rings. The lowest BCUT2D eigenvalue weighted by Crippen LogP contribution is -2.38. The van der Waals surface area contributed by atoms with Crippen molar-refractivity contribution in [3.63, 3.8) is 0 Å². The van der Waals surface area contributed by atoms with Crippen LogP contribution in [0.15, 0.2) is 73.7 Å². The van der Waals surface area contributed by atoms with Gasteiger partial charge in [0.05, 0.1) is 24.5 Å². The highest BCUT2D eigenvalue weighted by atomic mass is 19.1. The Labute approximate surface area is 202 Å². The number of carbonyl (C=O) groups is 1. The molecule has 4 aromatic rings. The van der Waals surface area contributed by atoms with Gasteiger partial charge in [0.25, 0.3) is 0 Å². The molecule has 2 aromatic carbocycles. The van der Waals surface area contributed by atoms with Crippen LogP contribution in [0.4, 0.5) is 4.39 Å². The van der Waals surface area contributed by atoms with E-state index in [1.165, 1.54) is 13.2 Å². The lowest BCUT2D eigenvalue weighted by molar-refractivity contribution is -0.127. The largest absolute Gasteiger partial charge is 0.494 e. The van der Waals surface area contributed by atoms with Crippen molar-refractivity contribution >= 4 is 11.4 Å². The number of carbonyl (C=O) groups excluding carboxylic acids is 1. The third kappa shape index (κ3) is 4.35. The number of benzene rings is 2. The van der Waals surface area contributed by atoms with Crippen molar-refractivity contribution in [3.05, 3.63) is 85.4 Å². The van der Waals surface area contributed by atoms with Gasteiger partial charge in [-0.1, -0.05) is 12.6 Å². The first kappa shape index (κ1) is 22.6. The van der Waals surface area contributed by atoms with E-state index in [9.17, 15) is 9.18 Å². The Morgan fingerprint density at radius 3 is 2.77 bits per heavy atom. The predicted octanol–water partition coefficient (Wildman–Crippen LogP) is 5.23. The van der Waals surface area contributed by atoms with Gasteiger partial charge in [0.15, 0.2) is 11.5 Å². The number of amides is 1. The highest BCUT2D eigenvalue weighted by molar-refractivity contribution is 5.87. The number of hydrogen-bond acceptors (Lipinski definition) is 5. The van der Waals surface area contributed by atoms with Crippen molar-refractivity contribution < 1.29 is 18.7 Å². The molecular weight excluding hydrogens is 447 g/mol. The van der Waals surface area contributed by atoms with Gasteiger partial charge in [-0.25, -0.2) is 4.98 Å². The molecule has 0 radical (unpaired) electrons. The molecule has 178 valence electrons. The molecule has 0 saturated carbocycles. The molecule has 0 N–H and O–H groups in total. The van der Waals surface area contributed by atoms with E-state index in [1.54, 1.807) is 42.7 Å². The second-order valence-electron chi connectivity index (χ2n) is 8.38. The maximum absolute atomic E-state index is 14.5. The van der Waals surface area contributed by atoms with E-state index in [4.69, 9.17) is 14.5 Å². The standard InChI is InChI=1S/C27H25FN4O3/c1-3-24(33)31-14-5-6-19(17-31)27-30-26(21-16-29-13-15-32(21)27)18-9-11-20(12-10-18)35-23-8-4-7-22(34-2)25(23)28/h3-4,7-13,15-16,19H,1,5-6,14,17H2,2H3. The average molecular weight is 473 g/mol. The van der Waals surface area contributed by atoms with Gasteiger partial charge in [-0.2, -0.15) is 4.39 Å². The second kappa shape index (κ2) is 9.58. The fourth-order valence-electron chi connectivity index (χ4n) is 4.51. The van der Waals surface area contributed by atoms with E-state index in [1.807, 2.05) is 27.6 Å². The second-order valence-corrected chi connectivity index (χ2v) is 8.38. The van der Waals surface area contributed by atoms with Gasteiger partial charge in [0.1, 0.15) is 11.6 Å². The third-order valence-corrected chi connectivity index (χ3v) is 6.25. The average Bonchev–Trinajstić information content (AvgIpc) is 3.30. The van der Waals surface area contributed by atoms with Crippen LogP contribution in [0.1, 0.15) is 24.6 Å². The number of rotatable bonds is 6. The van der Waals surface area contributed by atoms with Crippen LogP contribution in [0.25, 0.3) is 16.8 Å². The highest BCUT2D eigenvalue weighted by Crippen LogP contribution is 2.34. The monoisotopic (exact) mass is 472 g/mol. The number of methoxy groups -OCH3 is 1. The number of imidazole rings is 1. The van der Waals surface area contributed by atoms with Gasteiger partial charge in [0, 0.05) is 37.0 Å². The number of hydrogen-bond donors (Lipinski definition) is 0. The molecule has 1 fully saturated rings. The van der Waals surface area contributed by atoms with Crippen molar-refractivity contribution in [1.82, 2.24) is 19.3 Å². The summed E-state index contributed by atoms with van der Waals surface area (Å²) < 4.78 is 27.3. The Morgan fingerprint density at radius 2 is 2.00 bits per heavy atom. The zero-order valence-corrected chi connectivity index (χ0v) is 19.4. The molecule has 1 aliphatic heterocycles. The van der Waals surface area contributed by atoms with E-state index in [0.717, 1.165) is 42.0 Å². The molecule has 3 heterocycles. The normalized spacial score (nSPS) is 15.7. The number of fused-ring (bicyclic) bond motifs is 1. The van der Waals surface area contributed by atoms with Gasteiger partial charge in [-0.05, 0) is 55.3 Å². The Hall–Kier alpha value is -4.20. The van der Waals surface area contributed by atoms with Gasteiger partial charge in [-0.3, -0.25) is 14.2 Å². The molecule has 1 atom stereocenters. The van der Waals surface area contributed by atoms with Crippen LogP contribution in [-0.4, -0.2) is 45.4 Å². The molecule has 0 spiro atoms. The van der Waals surface area contributed by atoms with E-state index in [2.05, 4.69) is 11.6 Å². The number of ether oxygens (including phenoxy) is 2. The first-order valence-corrected chi connectivity index (χ1v) is 11.4. The van der Waals surface area contributed by atoms with E-state index in [0.29, 0.717) is 12.3 Å². The molecule has 0 aliphatic carbocycles. The van der Waals surface area contributed by atoms with E-state index in [-0.39, 0.29) is 23.3 Å². The molecule has 1 amide bonds. The summed E-state index contributed by atoms with van der Waals surface area (Å²) in [7, 11) is 1.41. The molecular formula is C27H25FN4O3. The van der Waals surface area contributed by atoms with Crippen LogP contribution < -0.4 is 9.47 Å². The summed E-state index contributed by atoms with van der Waals surface area (Å²) in [5, 5.41) is 0. The Morgan fingerprint density at radius 1 is 1.20 bits per heavy atom. The quantitative estimate of drug-likeness (QED) is 0.360. The van der Waals surface area contributed by atoms with Gasteiger partial charge in [0.2, 0.25) is 11.7 Å². The van der Waals surface area contributed by atoms with Crippen molar-refractivity contribution in [2.75, 3.05) is 20.2 Å². The molecule has 0 bridgehead atoms. The van der Waals surface area contributed by atoms with Crippen molar-refractivity contribution in [3.8, 4) is 28.5 Å². The molecule has 1 unspecified atom stereocenters. The molecule has 1 saturated heterocycles. The topological polar surface area (TPSA) is 69.0 Å². The highest BCUT2D eigenvalue weighted by Gasteiger charge is 2.28. The van der Waals surface area contributed by atoms with E-state index < -0.39 is 5.82 Å². The minimum Gasteiger partial charge on any atom is -0.494 e. The summed E-state index contributed by atoms with van der Waals surface area (Å²) in [5.41, 5.74) is 2.55. The first-order valence-electron chi connectivity index (χ1n) is 11.4. The number of piperidine rings is 1. The van der Waals surface area contributed by atoms with Crippen molar-refractivity contribution in [1.29, 1.82) is 0 Å². The number of aromatic nitrogens is 3. The van der Waals surface area contributed by atoms with Gasteiger partial charge >= 0.3 is 0 Å². The number of halogens is 1. The van der Waals surface area contributed by atoms with Crippen molar-refractivity contribution in [2.24, 2.45) is 0 Å². The SMILES string of the molecule is C=CC(=O)N1CCCC(c2nc(-c3ccc(Oc4cccc(OC)c4F)cc3)c3cnccn23)C1. The predicted molar refractivity (Wildman–Crippen MR) is 130 cm³/mol. The minimum absolute atomic E-state index is 0.0551. The fraction of sp³-hybridized carbons (Fsp3) is 0.222. The molecule has 8 heteroatoms. The van der Waals surface area contributed by atoms with Gasteiger partial charge in [-0.15, -0.1) is 0 Å². The maximum Gasteiger partial charge on any atom is 0.245 e. The van der Waals surface area contributed by atoms with Crippen LogP contribution in [-0.2, 0) is 4.79 Å². The third-order valence-electron chi connectivity index (χ3n) is 6.25. The molecule has 7 nitrogen and oxygen atoms in total. The maximum atomic E-state index is 14.5. The lowest BCUT2D eigenvalue weighted by Gasteiger charge is -2.31. The fourth-order valence-corrected chi connectivity index (χ4v) is 4.51. The smallest absolute Gasteiger partial charge is 0.245 e. The van der Waals surface area contributed by atoms with E-state index >= 15 is 0 Å². The van der Waals surface area contributed by atoms with Crippen LogP contribution in [0.2, 0.25) is 0 Å². The van der Waals surface area contributed by atoms with Crippen LogP contribution in [0.5, 0.6) is 17.2 Å². The molecule has 35 heavy (non-hydrogen) atoms. The lowest BCUT2D eigenvalue weighted by atomic mass is 9.97. The minimum atomic E-state index is -0.550. The molecule has 2 aromatic heterocycles. The summed E-state index contributed by atoms with van der Waals surface area (Å²) in [6.45, 7) is 4.95. The van der Waals surface area contributed by atoms with Crippen molar-refractivity contribution in [2.45, 2.75) is 18.8 Å². The number of nitrogens with zero attached hydrogens (tertiary/aromatic N) is 4. The summed E-state index contributed by atoms with van der Waals surface area (Å²) in [5.74, 6) is 1.11. The van der Waals surface area contributed by atoms with Crippen LogP contribution in [0, 0.1) is 5.82 Å². The summed E-state index contributed by atoms with van der Waals surface area (Å²) in [6.07, 6.45) is 8.64. The zero-order valence-electron chi connectivity index (χ0n) is 19.4. The Kier molecular flexibility index (Phi) is 6.18. The van der Waals surface area contributed by atoms with Crippen LogP contribution >= 0.6 is 0 Å². The van der Waals surface area contributed by atoms with Gasteiger partial charge < -0.3 is 14.4 Å². The Balaban J connectivity index is 1.45. The Bertz CT molecular complexity index is 1380. The van der Waals surface area contributed by atoms with Crippen LogP contribution in [0.3, 0.4) is 0 Å². The summed E-state index contributed by atoms with van der Waals surface area (Å²) in [6, 6.07) is 12.1.